The van der Waals surface area contributed by atoms with Gasteiger partial charge in [-0.1, -0.05) is 12.1 Å². The molecule has 4 rings (SSSR count). The van der Waals surface area contributed by atoms with Gasteiger partial charge in [-0.15, -0.1) is 24.8 Å². The lowest BCUT2D eigenvalue weighted by Crippen LogP contribution is -2.52. The number of hydrogen-bond acceptors (Lipinski definition) is 4. The molecule has 0 spiro atoms. The van der Waals surface area contributed by atoms with Gasteiger partial charge in [-0.2, -0.15) is 0 Å². The number of nitrogens with two attached hydrogens (primary N) is 1. The zero-order chi connectivity index (χ0) is 13.5. The van der Waals surface area contributed by atoms with Crippen LogP contribution in [0.1, 0.15) is 12.8 Å². The molecule has 1 saturated carbocycles. The van der Waals surface area contributed by atoms with E-state index in [-0.39, 0.29) is 30.9 Å². The Balaban J connectivity index is 0.000000882. The first kappa shape index (κ1) is 17.7. The minimum absolute atomic E-state index is 0. The van der Waals surface area contributed by atoms with Crippen LogP contribution < -0.4 is 15.2 Å². The van der Waals surface area contributed by atoms with Crippen LogP contribution >= 0.6 is 24.8 Å². The summed E-state index contributed by atoms with van der Waals surface area (Å²) in [7, 11) is 0. The number of likely N-dealkylation sites (tertiary alicyclic amines) is 1. The van der Waals surface area contributed by atoms with Gasteiger partial charge in [-0.25, -0.2) is 0 Å². The Bertz CT molecular complexity index is 489. The lowest BCUT2D eigenvalue weighted by molar-refractivity contribution is 0.0394. The van der Waals surface area contributed by atoms with Gasteiger partial charge in [0.15, 0.2) is 11.5 Å². The number of para-hydroxylation sites is 2. The molecule has 4 atom stereocenters. The Hall–Kier alpha value is -0.680. The number of fused-ring (bicyclic) bond motifs is 3. The van der Waals surface area contributed by atoms with Crippen LogP contribution in [0.25, 0.3) is 0 Å². The molecule has 1 aromatic rings. The molecular weight excluding hydrogens is 323 g/mol. The van der Waals surface area contributed by atoms with Crippen molar-refractivity contribution in [2.24, 2.45) is 17.6 Å². The SMILES string of the molecule is Cl.Cl.NC1[C@@H]2CC[C@H]1CN(CC1COc3ccccc3O1)C2. The fourth-order valence-electron chi connectivity index (χ4n) is 3.95. The van der Waals surface area contributed by atoms with Crippen LogP contribution in [0.4, 0.5) is 0 Å². The second-order valence-electron chi connectivity index (χ2n) is 6.39. The minimum Gasteiger partial charge on any atom is -0.486 e. The third-order valence-corrected chi connectivity index (χ3v) is 5.01. The number of rotatable bonds is 2. The second-order valence-corrected chi connectivity index (χ2v) is 6.39. The molecule has 2 fully saturated rings. The average molecular weight is 347 g/mol. The van der Waals surface area contributed by atoms with Crippen LogP contribution in [0.2, 0.25) is 0 Å². The molecule has 2 bridgehead atoms. The van der Waals surface area contributed by atoms with E-state index < -0.39 is 0 Å². The molecule has 1 aromatic carbocycles. The van der Waals surface area contributed by atoms with Crippen molar-refractivity contribution in [1.29, 1.82) is 0 Å². The normalized spacial score (nSPS) is 32.8. The van der Waals surface area contributed by atoms with E-state index in [1.165, 1.54) is 12.8 Å². The highest BCUT2D eigenvalue weighted by molar-refractivity contribution is 5.85. The predicted octanol–water partition coefficient (Wildman–Crippen LogP) is 2.34. The summed E-state index contributed by atoms with van der Waals surface area (Å²) in [4.78, 5) is 2.52. The first-order chi connectivity index (χ1) is 9.79. The van der Waals surface area contributed by atoms with E-state index in [0.717, 1.165) is 31.1 Å². The summed E-state index contributed by atoms with van der Waals surface area (Å²) >= 11 is 0. The van der Waals surface area contributed by atoms with E-state index in [1.54, 1.807) is 0 Å². The first-order valence-corrected chi connectivity index (χ1v) is 7.66. The molecule has 2 unspecified atom stereocenters. The highest BCUT2D eigenvalue weighted by Gasteiger charge is 2.40. The summed E-state index contributed by atoms with van der Waals surface area (Å²) in [5.41, 5.74) is 6.26. The van der Waals surface area contributed by atoms with Crippen molar-refractivity contribution in [1.82, 2.24) is 4.90 Å². The molecule has 0 radical (unpaired) electrons. The molecule has 4 nitrogen and oxygen atoms in total. The molecule has 2 N–H and O–H groups in total. The molecule has 22 heavy (non-hydrogen) atoms. The molecule has 3 aliphatic rings. The van der Waals surface area contributed by atoms with Gasteiger partial charge in [0.25, 0.3) is 0 Å². The fraction of sp³-hybridized carbons (Fsp3) is 0.625. The quantitative estimate of drug-likeness (QED) is 0.892. The first-order valence-electron chi connectivity index (χ1n) is 7.66. The Morgan fingerprint density at radius 1 is 1.05 bits per heavy atom. The molecule has 0 amide bonds. The van der Waals surface area contributed by atoms with Crippen molar-refractivity contribution in [2.75, 3.05) is 26.2 Å². The molecule has 2 heterocycles. The Morgan fingerprint density at radius 3 is 2.36 bits per heavy atom. The van der Waals surface area contributed by atoms with Crippen molar-refractivity contribution < 1.29 is 9.47 Å². The average Bonchev–Trinajstić information content (AvgIpc) is 2.70. The highest BCUT2D eigenvalue weighted by Crippen LogP contribution is 2.36. The largest absolute Gasteiger partial charge is 0.486 e. The highest BCUT2D eigenvalue weighted by atomic mass is 35.5. The smallest absolute Gasteiger partial charge is 0.161 e. The summed E-state index contributed by atoms with van der Waals surface area (Å²) in [6.45, 7) is 3.85. The summed E-state index contributed by atoms with van der Waals surface area (Å²) in [5.74, 6) is 3.11. The third kappa shape index (κ3) is 3.30. The molecule has 2 aliphatic heterocycles. The van der Waals surface area contributed by atoms with Gasteiger partial charge in [0.05, 0.1) is 0 Å². The minimum atomic E-state index is 0. The molecule has 124 valence electrons. The lowest BCUT2D eigenvalue weighted by Gasteiger charge is -2.38. The van der Waals surface area contributed by atoms with Crippen molar-refractivity contribution >= 4 is 24.8 Å². The van der Waals surface area contributed by atoms with Crippen LogP contribution in [0, 0.1) is 11.8 Å². The molecule has 6 heteroatoms. The topological polar surface area (TPSA) is 47.7 Å². The Labute approximate surface area is 144 Å². The fourth-order valence-corrected chi connectivity index (χ4v) is 3.95. The van der Waals surface area contributed by atoms with Gasteiger partial charge in [0, 0.05) is 25.7 Å². The monoisotopic (exact) mass is 346 g/mol. The second kappa shape index (κ2) is 7.26. The Morgan fingerprint density at radius 2 is 1.68 bits per heavy atom. The summed E-state index contributed by atoms with van der Waals surface area (Å²) < 4.78 is 11.8. The van der Waals surface area contributed by atoms with Crippen molar-refractivity contribution in [3.8, 4) is 11.5 Å². The zero-order valence-electron chi connectivity index (χ0n) is 12.5. The maximum atomic E-state index is 6.26. The van der Waals surface area contributed by atoms with Gasteiger partial charge in [-0.3, -0.25) is 4.90 Å². The molecule has 1 saturated heterocycles. The van der Waals surface area contributed by atoms with Crippen LogP contribution in [-0.4, -0.2) is 43.3 Å². The van der Waals surface area contributed by atoms with E-state index in [9.17, 15) is 0 Å². The third-order valence-electron chi connectivity index (χ3n) is 5.01. The van der Waals surface area contributed by atoms with Crippen LogP contribution in [0.5, 0.6) is 11.5 Å². The van der Waals surface area contributed by atoms with Crippen molar-refractivity contribution in [3.63, 3.8) is 0 Å². The number of hydrogen-bond donors (Lipinski definition) is 1. The molecule has 1 aliphatic carbocycles. The van der Waals surface area contributed by atoms with Crippen LogP contribution in [0.3, 0.4) is 0 Å². The van der Waals surface area contributed by atoms with E-state index in [1.807, 2.05) is 24.3 Å². The van der Waals surface area contributed by atoms with Crippen LogP contribution in [-0.2, 0) is 0 Å². The van der Waals surface area contributed by atoms with E-state index >= 15 is 0 Å². The molecular formula is C16H24Cl2N2O2. The predicted molar refractivity (Wildman–Crippen MR) is 91.5 cm³/mol. The summed E-state index contributed by atoms with van der Waals surface area (Å²) in [6, 6.07) is 8.34. The summed E-state index contributed by atoms with van der Waals surface area (Å²) in [5, 5.41) is 0. The standard InChI is InChI=1S/C16H22N2O2.2ClH/c17-16-11-5-6-12(16)8-18(7-11)9-13-10-19-14-3-1-2-4-15(14)20-13;;/h1-4,11-13,16H,5-10,17H2;2*1H/t11-,12+,13?,16?;;. The maximum absolute atomic E-state index is 6.26. The number of nitrogens with zero attached hydrogens (tertiary/aromatic N) is 1. The van der Waals surface area contributed by atoms with Crippen LogP contribution in [0.15, 0.2) is 24.3 Å². The van der Waals surface area contributed by atoms with Crippen molar-refractivity contribution in [3.05, 3.63) is 24.3 Å². The van der Waals surface area contributed by atoms with Gasteiger partial charge >= 0.3 is 0 Å². The number of benzene rings is 1. The van der Waals surface area contributed by atoms with Gasteiger partial charge in [0.1, 0.15) is 12.7 Å². The van der Waals surface area contributed by atoms with Crippen molar-refractivity contribution in [2.45, 2.75) is 25.0 Å². The number of piperidine rings is 1. The Kier molecular flexibility index (Phi) is 5.83. The van der Waals surface area contributed by atoms with E-state index in [4.69, 9.17) is 15.2 Å². The zero-order valence-corrected chi connectivity index (χ0v) is 14.2. The van der Waals surface area contributed by atoms with Gasteiger partial charge < -0.3 is 15.2 Å². The van der Waals surface area contributed by atoms with Gasteiger partial charge in [0.2, 0.25) is 0 Å². The number of ether oxygens (including phenoxy) is 2. The maximum Gasteiger partial charge on any atom is 0.161 e. The van der Waals surface area contributed by atoms with E-state index in [2.05, 4.69) is 4.90 Å². The lowest BCUT2D eigenvalue weighted by atomic mass is 9.93. The molecule has 0 aromatic heterocycles. The number of halogens is 2. The van der Waals surface area contributed by atoms with E-state index in [0.29, 0.717) is 24.5 Å². The van der Waals surface area contributed by atoms with Gasteiger partial charge in [-0.05, 0) is 36.8 Å². The summed E-state index contributed by atoms with van der Waals surface area (Å²) in [6.07, 6.45) is 2.74.